The van der Waals surface area contributed by atoms with Crippen LogP contribution >= 0.6 is 46.4 Å². The van der Waals surface area contributed by atoms with E-state index in [0.29, 0.717) is 12.3 Å². The third-order valence-electron chi connectivity index (χ3n) is 3.69. The number of ether oxygens (including phenoxy) is 1. The molecule has 0 radical (unpaired) electrons. The standard InChI is InChI=1S/C11H14Cl4O2/c12-4-7(5-13)17-10(16)6-1-2-8-9(3-6)11(8,14)15/h6-9H,1-5H2/t6-,8-,9+/m1/s1. The highest BCUT2D eigenvalue weighted by atomic mass is 35.5. The van der Waals surface area contributed by atoms with Gasteiger partial charge in [0.25, 0.3) is 0 Å². The molecule has 2 fully saturated rings. The van der Waals surface area contributed by atoms with Crippen LogP contribution in [0.4, 0.5) is 0 Å². The van der Waals surface area contributed by atoms with Crippen molar-refractivity contribution in [3.8, 4) is 0 Å². The quantitative estimate of drug-likeness (QED) is 0.584. The molecule has 0 N–H and O–H groups in total. The SMILES string of the molecule is O=C(OC(CCl)CCl)[C@@H]1CC[C@@H]2[C@H](C1)C2(Cl)Cl. The number of hydrogen-bond donors (Lipinski definition) is 0. The van der Waals surface area contributed by atoms with E-state index in [0.717, 1.165) is 12.8 Å². The molecule has 2 nitrogen and oxygen atoms in total. The molecule has 0 bridgehead atoms. The molecule has 0 saturated heterocycles. The fourth-order valence-electron chi connectivity index (χ4n) is 2.56. The van der Waals surface area contributed by atoms with E-state index in [2.05, 4.69) is 0 Å². The summed E-state index contributed by atoms with van der Waals surface area (Å²) in [7, 11) is 0. The Kier molecular flexibility index (Phi) is 4.40. The minimum Gasteiger partial charge on any atom is -0.460 e. The van der Waals surface area contributed by atoms with Gasteiger partial charge in [0.05, 0.1) is 17.7 Å². The summed E-state index contributed by atoms with van der Waals surface area (Å²) >= 11 is 23.5. The molecule has 0 aromatic rings. The van der Waals surface area contributed by atoms with E-state index < -0.39 is 10.4 Å². The van der Waals surface area contributed by atoms with Crippen LogP contribution in [0.1, 0.15) is 19.3 Å². The van der Waals surface area contributed by atoms with Crippen LogP contribution in [0.5, 0.6) is 0 Å². The molecule has 3 atom stereocenters. The number of halogens is 4. The van der Waals surface area contributed by atoms with Crippen molar-refractivity contribution in [3.05, 3.63) is 0 Å². The molecule has 0 aromatic heterocycles. The number of hydrogen-bond acceptors (Lipinski definition) is 2. The number of esters is 1. The first-order valence-electron chi connectivity index (χ1n) is 5.71. The van der Waals surface area contributed by atoms with Gasteiger partial charge in [0, 0.05) is 0 Å². The molecule has 0 aromatic carbocycles. The maximum Gasteiger partial charge on any atom is 0.309 e. The van der Waals surface area contributed by atoms with Crippen LogP contribution in [0.25, 0.3) is 0 Å². The molecular formula is C11H14Cl4O2. The third kappa shape index (κ3) is 2.80. The Balaban J connectivity index is 1.85. The van der Waals surface area contributed by atoms with Gasteiger partial charge in [0.2, 0.25) is 0 Å². The molecule has 2 aliphatic rings. The van der Waals surface area contributed by atoms with Gasteiger partial charge in [-0.05, 0) is 31.1 Å². The highest BCUT2D eigenvalue weighted by molar-refractivity contribution is 6.51. The smallest absolute Gasteiger partial charge is 0.309 e. The topological polar surface area (TPSA) is 26.3 Å². The van der Waals surface area contributed by atoms with Crippen molar-refractivity contribution < 1.29 is 9.53 Å². The number of carbonyl (C=O) groups excluding carboxylic acids is 1. The monoisotopic (exact) mass is 318 g/mol. The highest BCUT2D eigenvalue weighted by Gasteiger charge is 2.65. The van der Waals surface area contributed by atoms with Gasteiger partial charge in [-0.15, -0.1) is 46.4 Å². The Morgan fingerprint density at radius 1 is 1.24 bits per heavy atom. The summed E-state index contributed by atoms with van der Waals surface area (Å²) in [5.41, 5.74) is 0. The average molecular weight is 320 g/mol. The minimum atomic E-state index is -0.618. The second-order valence-corrected chi connectivity index (χ2v) is 6.83. The van der Waals surface area contributed by atoms with E-state index >= 15 is 0 Å². The molecule has 0 aliphatic heterocycles. The summed E-state index contributed by atoms with van der Waals surface area (Å²) in [5.74, 6) is 0.719. The lowest BCUT2D eigenvalue weighted by atomic mass is 9.89. The van der Waals surface area contributed by atoms with Crippen molar-refractivity contribution in [2.45, 2.75) is 29.7 Å². The van der Waals surface area contributed by atoms with Crippen molar-refractivity contribution in [2.24, 2.45) is 17.8 Å². The Bertz CT molecular complexity index is 304. The molecule has 0 heterocycles. The minimum absolute atomic E-state index is 0.107. The van der Waals surface area contributed by atoms with E-state index in [-0.39, 0.29) is 29.6 Å². The zero-order chi connectivity index (χ0) is 12.6. The first kappa shape index (κ1) is 14.0. The fraction of sp³-hybridized carbons (Fsp3) is 0.909. The van der Waals surface area contributed by atoms with Gasteiger partial charge in [0.1, 0.15) is 10.4 Å². The van der Waals surface area contributed by atoms with Crippen molar-refractivity contribution in [3.63, 3.8) is 0 Å². The van der Waals surface area contributed by atoms with Crippen LogP contribution in [-0.4, -0.2) is 28.2 Å². The van der Waals surface area contributed by atoms with E-state index in [1.54, 1.807) is 0 Å². The Morgan fingerprint density at radius 3 is 2.41 bits per heavy atom. The lowest BCUT2D eigenvalue weighted by Crippen LogP contribution is -2.28. The zero-order valence-corrected chi connectivity index (χ0v) is 12.2. The largest absolute Gasteiger partial charge is 0.460 e. The van der Waals surface area contributed by atoms with Gasteiger partial charge in [-0.1, -0.05) is 0 Å². The van der Waals surface area contributed by atoms with Crippen LogP contribution in [-0.2, 0) is 9.53 Å². The van der Waals surface area contributed by atoms with Crippen LogP contribution in [0.2, 0.25) is 0 Å². The van der Waals surface area contributed by atoms with Crippen LogP contribution in [0, 0.1) is 17.8 Å². The summed E-state index contributed by atoms with van der Waals surface area (Å²) in [6, 6.07) is 0. The zero-order valence-electron chi connectivity index (χ0n) is 9.17. The maximum absolute atomic E-state index is 11.9. The van der Waals surface area contributed by atoms with Gasteiger partial charge in [-0.2, -0.15) is 0 Å². The Morgan fingerprint density at radius 2 is 1.88 bits per heavy atom. The lowest BCUT2D eigenvalue weighted by molar-refractivity contribution is -0.153. The predicted molar refractivity (Wildman–Crippen MR) is 70.1 cm³/mol. The first-order valence-corrected chi connectivity index (χ1v) is 7.53. The van der Waals surface area contributed by atoms with Crippen LogP contribution in [0.15, 0.2) is 0 Å². The van der Waals surface area contributed by atoms with Gasteiger partial charge in [-0.25, -0.2) is 0 Å². The number of fused-ring (bicyclic) bond motifs is 1. The van der Waals surface area contributed by atoms with Crippen molar-refractivity contribution in [1.29, 1.82) is 0 Å². The third-order valence-corrected chi connectivity index (χ3v) is 5.50. The Labute approximate surface area is 121 Å². The van der Waals surface area contributed by atoms with Gasteiger partial charge in [0.15, 0.2) is 0 Å². The number of rotatable bonds is 4. The molecule has 2 aliphatic carbocycles. The number of carbonyl (C=O) groups is 1. The second kappa shape index (κ2) is 5.32. The molecule has 17 heavy (non-hydrogen) atoms. The molecular weight excluding hydrogens is 306 g/mol. The molecule has 0 amide bonds. The maximum atomic E-state index is 11.9. The average Bonchev–Trinajstić information content (AvgIpc) is 2.88. The molecule has 98 valence electrons. The molecule has 2 rings (SSSR count). The normalized spacial score (nSPS) is 34.3. The van der Waals surface area contributed by atoms with Crippen molar-refractivity contribution in [1.82, 2.24) is 0 Å². The molecule has 0 unspecified atom stereocenters. The molecule has 0 spiro atoms. The molecule has 2 saturated carbocycles. The second-order valence-electron chi connectivity index (χ2n) is 4.76. The summed E-state index contributed by atoms with van der Waals surface area (Å²) in [6.45, 7) is 0. The summed E-state index contributed by atoms with van der Waals surface area (Å²) in [6.07, 6.45) is 2.00. The van der Waals surface area contributed by atoms with E-state index in [9.17, 15) is 4.79 Å². The number of alkyl halides is 4. The van der Waals surface area contributed by atoms with E-state index in [1.165, 1.54) is 0 Å². The summed E-state index contributed by atoms with van der Waals surface area (Å²) in [4.78, 5) is 11.9. The van der Waals surface area contributed by atoms with Crippen LogP contribution < -0.4 is 0 Å². The summed E-state index contributed by atoms with van der Waals surface area (Å²) < 4.78 is 4.62. The molecule has 6 heteroatoms. The predicted octanol–water partition coefficient (Wildman–Crippen LogP) is 3.60. The fourth-order valence-corrected chi connectivity index (χ4v) is 3.89. The van der Waals surface area contributed by atoms with Crippen molar-refractivity contribution >= 4 is 52.4 Å². The van der Waals surface area contributed by atoms with E-state index in [4.69, 9.17) is 51.1 Å². The summed E-state index contributed by atoms with van der Waals surface area (Å²) in [5, 5.41) is 0. The highest BCUT2D eigenvalue weighted by Crippen LogP contribution is 2.66. The van der Waals surface area contributed by atoms with E-state index in [1.807, 2.05) is 0 Å². The first-order chi connectivity index (χ1) is 8.00. The van der Waals surface area contributed by atoms with Crippen LogP contribution in [0.3, 0.4) is 0 Å². The van der Waals surface area contributed by atoms with Gasteiger partial charge >= 0.3 is 5.97 Å². The van der Waals surface area contributed by atoms with Crippen molar-refractivity contribution in [2.75, 3.05) is 11.8 Å². The Hall–Kier alpha value is 0.630. The lowest BCUT2D eigenvalue weighted by Gasteiger charge is -2.21. The van der Waals surface area contributed by atoms with Gasteiger partial charge < -0.3 is 4.74 Å². The van der Waals surface area contributed by atoms with Gasteiger partial charge in [-0.3, -0.25) is 4.79 Å².